The molecule has 26 heavy (non-hydrogen) atoms. The molecule has 2 aliphatic rings. The summed E-state index contributed by atoms with van der Waals surface area (Å²) < 4.78 is 45.7. The van der Waals surface area contributed by atoms with Crippen molar-refractivity contribution in [3.05, 3.63) is 33.9 Å². The number of anilines is 1. The van der Waals surface area contributed by atoms with Crippen LogP contribution in [0.4, 0.5) is 24.5 Å². The Morgan fingerprint density at radius 3 is 2.62 bits per heavy atom. The van der Waals surface area contributed by atoms with Gasteiger partial charge in [0.2, 0.25) is 0 Å². The fraction of sp³-hybridized carbons (Fsp3) is 0.647. The van der Waals surface area contributed by atoms with Crippen LogP contribution in [0.2, 0.25) is 0 Å². The highest BCUT2D eigenvalue weighted by atomic mass is 19.4. The topological polar surface area (TPSA) is 58.9 Å². The minimum atomic E-state index is -4.63. The van der Waals surface area contributed by atoms with E-state index in [0.29, 0.717) is 32.4 Å². The summed E-state index contributed by atoms with van der Waals surface area (Å²) in [7, 11) is 0. The largest absolute Gasteiger partial charge is 0.418 e. The van der Waals surface area contributed by atoms with Crippen molar-refractivity contribution in [2.45, 2.75) is 19.0 Å². The average Bonchev–Trinajstić information content (AvgIpc) is 2.61. The monoisotopic (exact) mass is 373 g/mol. The number of hydrogen-bond acceptors (Lipinski definition) is 5. The Kier molecular flexibility index (Phi) is 5.67. The maximum Gasteiger partial charge on any atom is 0.418 e. The lowest BCUT2D eigenvalue weighted by atomic mass is 9.96. The van der Waals surface area contributed by atoms with Crippen molar-refractivity contribution in [2.24, 2.45) is 5.92 Å². The van der Waals surface area contributed by atoms with Crippen molar-refractivity contribution in [3.8, 4) is 0 Å². The first-order valence-corrected chi connectivity index (χ1v) is 8.75. The summed E-state index contributed by atoms with van der Waals surface area (Å²) in [4.78, 5) is 14.1. The Labute approximate surface area is 149 Å². The molecule has 0 amide bonds. The Morgan fingerprint density at radius 1 is 1.23 bits per heavy atom. The summed E-state index contributed by atoms with van der Waals surface area (Å²) in [5.74, 6) is 0.276. The molecule has 2 fully saturated rings. The molecule has 0 radical (unpaired) electrons. The van der Waals surface area contributed by atoms with Gasteiger partial charge in [0.15, 0.2) is 0 Å². The van der Waals surface area contributed by atoms with Gasteiger partial charge in [0.05, 0.1) is 23.7 Å². The maximum absolute atomic E-state index is 13.4. The number of ether oxygens (including phenoxy) is 1. The molecule has 3 rings (SSSR count). The average molecular weight is 373 g/mol. The van der Waals surface area contributed by atoms with Crippen LogP contribution < -0.4 is 4.90 Å². The van der Waals surface area contributed by atoms with Gasteiger partial charge in [0.1, 0.15) is 0 Å². The zero-order chi connectivity index (χ0) is 18.7. The fourth-order valence-corrected chi connectivity index (χ4v) is 3.72. The van der Waals surface area contributed by atoms with Crippen LogP contribution in [-0.4, -0.2) is 55.8 Å². The van der Waals surface area contributed by atoms with Crippen molar-refractivity contribution in [3.63, 3.8) is 0 Å². The summed E-state index contributed by atoms with van der Waals surface area (Å²) in [5, 5.41) is 10.9. The SMILES string of the molecule is O=[N+]([O-])c1ccc(N2CCCC(CN3CCOCC3)C2)c(C(F)(F)F)c1. The first kappa shape index (κ1) is 18.9. The number of morpholine rings is 1. The number of piperidine rings is 1. The number of non-ortho nitro benzene ring substituents is 1. The van der Waals surface area contributed by atoms with Gasteiger partial charge < -0.3 is 9.64 Å². The molecule has 0 N–H and O–H groups in total. The number of alkyl halides is 3. The van der Waals surface area contributed by atoms with E-state index in [1.807, 2.05) is 0 Å². The van der Waals surface area contributed by atoms with E-state index in [2.05, 4.69) is 4.90 Å². The summed E-state index contributed by atoms with van der Waals surface area (Å²) in [6.45, 7) is 4.98. The smallest absolute Gasteiger partial charge is 0.379 e. The zero-order valence-electron chi connectivity index (χ0n) is 14.4. The number of nitrogens with zero attached hydrogens (tertiary/aromatic N) is 3. The second-order valence-corrected chi connectivity index (χ2v) is 6.82. The normalized spacial score (nSPS) is 22.4. The van der Waals surface area contributed by atoms with Crippen LogP contribution in [0.25, 0.3) is 0 Å². The summed E-state index contributed by atoms with van der Waals surface area (Å²) in [5.41, 5.74) is -1.43. The fourth-order valence-electron chi connectivity index (χ4n) is 3.72. The minimum absolute atomic E-state index is 0.0368. The molecular formula is C17H22F3N3O3. The van der Waals surface area contributed by atoms with Crippen LogP contribution in [0.1, 0.15) is 18.4 Å². The van der Waals surface area contributed by atoms with Gasteiger partial charge in [-0.3, -0.25) is 15.0 Å². The van der Waals surface area contributed by atoms with Crippen LogP contribution in [0.3, 0.4) is 0 Å². The van der Waals surface area contributed by atoms with E-state index in [0.717, 1.165) is 38.5 Å². The highest BCUT2D eigenvalue weighted by Crippen LogP contribution is 2.40. The molecule has 144 valence electrons. The summed E-state index contributed by atoms with van der Waals surface area (Å²) in [6.07, 6.45) is -2.84. The first-order valence-electron chi connectivity index (χ1n) is 8.75. The van der Waals surface area contributed by atoms with E-state index >= 15 is 0 Å². The standard InChI is InChI=1S/C17H22F3N3O3/c18-17(19,20)15-10-14(23(24)25)3-4-16(15)22-5-1-2-13(12-22)11-21-6-8-26-9-7-21/h3-4,10,13H,1-2,5-9,11-12H2. The molecule has 2 saturated heterocycles. The molecule has 1 aromatic carbocycles. The second kappa shape index (κ2) is 7.79. The van der Waals surface area contributed by atoms with E-state index in [-0.39, 0.29) is 11.6 Å². The minimum Gasteiger partial charge on any atom is -0.379 e. The van der Waals surface area contributed by atoms with Crippen LogP contribution in [0.15, 0.2) is 18.2 Å². The molecule has 9 heteroatoms. The Morgan fingerprint density at radius 2 is 1.96 bits per heavy atom. The van der Waals surface area contributed by atoms with Crippen molar-refractivity contribution in [1.29, 1.82) is 0 Å². The van der Waals surface area contributed by atoms with Crippen molar-refractivity contribution in [2.75, 3.05) is 50.8 Å². The predicted molar refractivity (Wildman–Crippen MR) is 90.3 cm³/mol. The Hall–Kier alpha value is -1.87. The lowest BCUT2D eigenvalue weighted by Crippen LogP contribution is -2.45. The molecule has 0 saturated carbocycles. The van der Waals surface area contributed by atoms with Crippen LogP contribution in [0.5, 0.6) is 0 Å². The van der Waals surface area contributed by atoms with E-state index in [9.17, 15) is 23.3 Å². The molecule has 0 spiro atoms. The van der Waals surface area contributed by atoms with Gasteiger partial charge in [0.25, 0.3) is 5.69 Å². The molecule has 2 aliphatic heterocycles. The number of rotatable bonds is 4. The molecule has 1 atom stereocenters. The molecular weight excluding hydrogens is 351 g/mol. The quantitative estimate of drug-likeness (QED) is 0.599. The maximum atomic E-state index is 13.4. The second-order valence-electron chi connectivity index (χ2n) is 6.82. The van der Waals surface area contributed by atoms with E-state index in [4.69, 9.17) is 4.74 Å². The summed E-state index contributed by atoms with van der Waals surface area (Å²) in [6, 6.07) is 3.02. The predicted octanol–water partition coefficient (Wildman–Crippen LogP) is 3.16. The van der Waals surface area contributed by atoms with E-state index in [1.165, 1.54) is 6.07 Å². The summed E-state index contributed by atoms with van der Waals surface area (Å²) >= 11 is 0. The molecule has 2 heterocycles. The number of halogens is 3. The lowest BCUT2D eigenvalue weighted by molar-refractivity contribution is -0.385. The van der Waals surface area contributed by atoms with Crippen molar-refractivity contribution in [1.82, 2.24) is 4.90 Å². The number of nitro benzene ring substituents is 1. The highest BCUT2D eigenvalue weighted by Gasteiger charge is 2.37. The van der Waals surface area contributed by atoms with Crippen LogP contribution >= 0.6 is 0 Å². The van der Waals surface area contributed by atoms with Gasteiger partial charge in [-0.15, -0.1) is 0 Å². The first-order chi connectivity index (χ1) is 12.3. The van der Waals surface area contributed by atoms with E-state index < -0.39 is 22.4 Å². The zero-order valence-corrected chi connectivity index (χ0v) is 14.4. The third-order valence-corrected chi connectivity index (χ3v) is 4.98. The molecule has 6 nitrogen and oxygen atoms in total. The highest BCUT2D eigenvalue weighted by molar-refractivity contribution is 5.59. The molecule has 0 aromatic heterocycles. The van der Waals surface area contributed by atoms with Crippen LogP contribution in [0, 0.1) is 16.0 Å². The third kappa shape index (κ3) is 4.45. The van der Waals surface area contributed by atoms with Gasteiger partial charge in [-0.25, -0.2) is 0 Å². The molecule has 1 unspecified atom stereocenters. The van der Waals surface area contributed by atoms with Crippen LogP contribution in [-0.2, 0) is 10.9 Å². The van der Waals surface area contributed by atoms with Gasteiger partial charge in [-0.05, 0) is 24.8 Å². The third-order valence-electron chi connectivity index (χ3n) is 4.98. The van der Waals surface area contributed by atoms with Gasteiger partial charge in [-0.2, -0.15) is 13.2 Å². The van der Waals surface area contributed by atoms with Gasteiger partial charge >= 0.3 is 6.18 Å². The van der Waals surface area contributed by atoms with Crippen molar-refractivity contribution < 1.29 is 22.8 Å². The molecule has 0 aliphatic carbocycles. The van der Waals surface area contributed by atoms with Gasteiger partial charge in [0, 0.05) is 50.5 Å². The van der Waals surface area contributed by atoms with Gasteiger partial charge in [-0.1, -0.05) is 0 Å². The Bertz CT molecular complexity index is 648. The number of nitro groups is 1. The van der Waals surface area contributed by atoms with Crippen molar-refractivity contribution >= 4 is 11.4 Å². The molecule has 1 aromatic rings. The molecule has 0 bridgehead atoms. The lowest BCUT2D eigenvalue weighted by Gasteiger charge is -2.38. The number of hydrogen-bond donors (Lipinski definition) is 0. The Balaban J connectivity index is 1.77. The van der Waals surface area contributed by atoms with E-state index in [1.54, 1.807) is 4.90 Å². The number of benzene rings is 1.